The van der Waals surface area contributed by atoms with Crippen LogP contribution in [0.5, 0.6) is 0 Å². The van der Waals surface area contributed by atoms with Crippen molar-refractivity contribution in [1.82, 2.24) is 0 Å². The van der Waals surface area contributed by atoms with E-state index in [1.165, 1.54) is 0 Å². The number of rotatable bonds is 11. The summed E-state index contributed by atoms with van der Waals surface area (Å²) in [6.45, 7) is 2.13. The quantitative estimate of drug-likeness (QED) is 0.317. The topological polar surface area (TPSA) is 122 Å². The third-order valence-corrected chi connectivity index (χ3v) is 3.59. The zero-order valence-corrected chi connectivity index (χ0v) is 13.9. The van der Waals surface area contributed by atoms with E-state index in [9.17, 15) is 15.0 Å². The van der Waals surface area contributed by atoms with Crippen LogP contribution in [-0.4, -0.2) is 66.0 Å². The van der Waals surface area contributed by atoms with E-state index in [0.29, 0.717) is 6.42 Å². The molecular formula is C17H27NO6. The van der Waals surface area contributed by atoms with E-state index in [4.69, 9.17) is 20.3 Å². The molecule has 0 aliphatic rings. The molecule has 7 heteroatoms. The maximum Gasteiger partial charge on any atom is 0.325 e. The molecule has 1 aromatic carbocycles. The number of hydrogen-bond donors (Lipinski definition) is 4. The molecule has 0 amide bonds. The minimum atomic E-state index is -1.40. The molecule has 0 saturated carbocycles. The molecule has 7 nitrogen and oxygen atoms in total. The third-order valence-electron chi connectivity index (χ3n) is 3.59. The van der Waals surface area contributed by atoms with Gasteiger partial charge in [-0.15, -0.1) is 0 Å². The summed E-state index contributed by atoms with van der Waals surface area (Å²) in [5, 5.41) is 28.5. The number of aliphatic hydroxyl groups excluding tert-OH is 3. The number of aryl methyl sites for hydroxylation is 2. The Labute approximate surface area is 142 Å². The molecule has 136 valence electrons. The molecular weight excluding hydrogens is 314 g/mol. The molecule has 1 rings (SSSR count). The minimum Gasteiger partial charge on any atom is -0.462 e. The van der Waals surface area contributed by atoms with Crippen molar-refractivity contribution in [3.8, 4) is 0 Å². The first-order valence-corrected chi connectivity index (χ1v) is 7.98. The van der Waals surface area contributed by atoms with Crippen LogP contribution in [0.4, 0.5) is 0 Å². The lowest BCUT2D eigenvalue weighted by molar-refractivity contribution is -0.151. The lowest BCUT2D eigenvalue weighted by Crippen LogP contribution is -2.49. The molecule has 0 spiro atoms. The summed E-state index contributed by atoms with van der Waals surface area (Å²) in [6.07, 6.45) is -1.68. The third kappa shape index (κ3) is 7.37. The zero-order chi connectivity index (χ0) is 17.9. The fourth-order valence-corrected chi connectivity index (χ4v) is 2.08. The smallest absolute Gasteiger partial charge is 0.325 e. The summed E-state index contributed by atoms with van der Waals surface area (Å²) in [6, 6.07) is 6.53. The summed E-state index contributed by atoms with van der Waals surface area (Å²) in [7, 11) is 0. The number of esters is 1. The maximum absolute atomic E-state index is 11.7. The average molecular weight is 341 g/mol. The van der Waals surface area contributed by atoms with Gasteiger partial charge in [0, 0.05) is 0 Å². The lowest BCUT2D eigenvalue weighted by Gasteiger charge is -2.22. The second-order valence-corrected chi connectivity index (χ2v) is 5.61. The average Bonchev–Trinajstić information content (AvgIpc) is 2.59. The summed E-state index contributed by atoms with van der Waals surface area (Å²) in [5.74, 6) is -0.801. The van der Waals surface area contributed by atoms with Crippen molar-refractivity contribution in [2.24, 2.45) is 5.73 Å². The number of hydrogen-bond acceptors (Lipinski definition) is 7. The van der Waals surface area contributed by atoms with Gasteiger partial charge < -0.3 is 30.5 Å². The van der Waals surface area contributed by atoms with Crippen LogP contribution in [-0.2, 0) is 20.7 Å². The maximum atomic E-state index is 11.7. The Morgan fingerprint density at radius 2 is 1.83 bits per heavy atom. The van der Waals surface area contributed by atoms with Gasteiger partial charge in [-0.1, -0.05) is 29.8 Å². The van der Waals surface area contributed by atoms with Crippen molar-refractivity contribution in [2.45, 2.75) is 38.0 Å². The van der Waals surface area contributed by atoms with Crippen LogP contribution < -0.4 is 5.73 Å². The predicted molar refractivity (Wildman–Crippen MR) is 88.4 cm³/mol. The molecule has 24 heavy (non-hydrogen) atoms. The molecule has 3 atom stereocenters. The van der Waals surface area contributed by atoms with Crippen molar-refractivity contribution in [2.75, 3.05) is 26.4 Å². The fourth-order valence-electron chi connectivity index (χ4n) is 2.08. The van der Waals surface area contributed by atoms with E-state index < -0.39 is 24.2 Å². The van der Waals surface area contributed by atoms with Gasteiger partial charge in [-0.2, -0.15) is 0 Å². The lowest BCUT2D eigenvalue weighted by atomic mass is 9.99. The summed E-state index contributed by atoms with van der Waals surface area (Å²) >= 11 is 0. The number of nitrogens with two attached hydrogens (primary N) is 1. The summed E-state index contributed by atoms with van der Waals surface area (Å²) < 4.78 is 9.79. The van der Waals surface area contributed by atoms with Crippen molar-refractivity contribution < 1.29 is 29.6 Å². The van der Waals surface area contributed by atoms with Crippen molar-refractivity contribution in [1.29, 1.82) is 0 Å². The second-order valence-electron chi connectivity index (χ2n) is 5.61. The Morgan fingerprint density at radius 3 is 2.46 bits per heavy atom. The van der Waals surface area contributed by atoms with Gasteiger partial charge >= 0.3 is 5.97 Å². The number of benzene rings is 1. The van der Waals surface area contributed by atoms with Gasteiger partial charge in [0.15, 0.2) is 0 Å². The number of carbonyl (C=O) groups is 1. The van der Waals surface area contributed by atoms with Gasteiger partial charge in [-0.3, -0.25) is 4.79 Å². The highest BCUT2D eigenvalue weighted by molar-refractivity contribution is 5.76. The monoisotopic (exact) mass is 341 g/mol. The Bertz CT molecular complexity index is 478. The predicted octanol–water partition coefficient (Wildman–Crippen LogP) is -0.471. The van der Waals surface area contributed by atoms with E-state index in [-0.39, 0.29) is 32.8 Å². The molecule has 0 aliphatic carbocycles. The van der Waals surface area contributed by atoms with E-state index in [2.05, 4.69) is 0 Å². The molecule has 0 aromatic heterocycles. The first-order chi connectivity index (χ1) is 11.5. The molecule has 3 unspecified atom stereocenters. The van der Waals surface area contributed by atoms with Crippen molar-refractivity contribution >= 4 is 5.97 Å². The van der Waals surface area contributed by atoms with Crippen LogP contribution in [0.3, 0.4) is 0 Å². The molecule has 0 radical (unpaired) electrons. The number of aliphatic hydroxyl groups is 3. The summed E-state index contributed by atoms with van der Waals surface area (Å²) in [5.41, 5.74) is 7.80. The van der Waals surface area contributed by atoms with Gasteiger partial charge in [0.05, 0.1) is 25.9 Å². The second kappa shape index (κ2) is 11.1. The fraction of sp³-hybridized carbons (Fsp3) is 0.588. The molecule has 0 saturated heterocycles. The Kier molecular flexibility index (Phi) is 9.51. The number of carbonyl (C=O) groups excluding carboxylic acids is 1. The largest absolute Gasteiger partial charge is 0.462 e. The van der Waals surface area contributed by atoms with Gasteiger partial charge in [-0.25, -0.2) is 0 Å². The van der Waals surface area contributed by atoms with Gasteiger partial charge in [0.1, 0.15) is 18.8 Å². The van der Waals surface area contributed by atoms with E-state index >= 15 is 0 Å². The van der Waals surface area contributed by atoms with Crippen LogP contribution >= 0.6 is 0 Å². The molecule has 0 aliphatic heterocycles. The van der Waals surface area contributed by atoms with E-state index in [1.54, 1.807) is 0 Å². The van der Waals surface area contributed by atoms with Gasteiger partial charge in [-0.05, 0) is 25.3 Å². The molecule has 0 bridgehead atoms. The van der Waals surface area contributed by atoms with Crippen molar-refractivity contribution in [3.05, 3.63) is 35.4 Å². The standard InChI is InChI=1S/C17H27NO6/c1-12-2-4-13(5-3-12)6-7-14(20)16(21)15(18)17(22)24-11-10-23-9-8-19/h2-5,14-16,19-21H,6-11,18H2,1H3. The normalized spacial score (nSPS) is 14.9. The van der Waals surface area contributed by atoms with Crippen LogP contribution in [0, 0.1) is 6.92 Å². The highest BCUT2D eigenvalue weighted by Gasteiger charge is 2.29. The molecule has 0 heterocycles. The van der Waals surface area contributed by atoms with E-state index in [0.717, 1.165) is 11.1 Å². The van der Waals surface area contributed by atoms with Crippen LogP contribution in [0.15, 0.2) is 24.3 Å². The van der Waals surface area contributed by atoms with Crippen LogP contribution in [0.2, 0.25) is 0 Å². The van der Waals surface area contributed by atoms with Crippen LogP contribution in [0.25, 0.3) is 0 Å². The molecule has 1 aromatic rings. The Balaban J connectivity index is 2.33. The minimum absolute atomic E-state index is 0.0291. The first kappa shape index (κ1) is 20.5. The molecule has 5 N–H and O–H groups in total. The summed E-state index contributed by atoms with van der Waals surface area (Å²) in [4.78, 5) is 11.7. The van der Waals surface area contributed by atoms with E-state index in [1.807, 2.05) is 31.2 Å². The SMILES string of the molecule is Cc1ccc(CCC(O)C(O)C(N)C(=O)OCCOCCO)cc1. The highest BCUT2D eigenvalue weighted by Crippen LogP contribution is 2.11. The Hall–Kier alpha value is -1.51. The van der Waals surface area contributed by atoms with Crippen LogP contribution in [0.1, 0.15) is 17.5 Å². The highest BCUT2D eigenvalue weighted by atomic mass is 16.6. The van der Waals surface area contributed by atoms with Gasteiger partial charge in [0.25, 0.3) is 0 Å². The van der Waals surface area contributed by atoms with Crippen molar-refractivity contribution in [3.63, 3.8) is 0 Å². The van der Waals surface area contributed by atoms with Gasteiger partial charge in [0.2, 0.25) is 0 Å². The zero-order valence-electron chi connectivity index (χ0n) is 13.9. The Morgan fingerprint density at radius 1 is 1.17 bits per heavy atom. The molecule has 0 fully saturated rings. The number of ether oxygens (including phenoxy) is 2. The first-order valence-electron chi connectivity index (χ1n) is 7.98.